The number of nitrogens with one attached hydrogen (secondary N) is 1. The van der Waals surface area contributed by atoms with Gasteiger partial charge in [0.15, 0.2) is 0 Å². The number of halogens is 3. The van der Waals surface area contributed by atoms with Crippen LogP contribution in [0, 0.1) is 11.8 Å². The zero-order valence-corrected chi connectivity index (χ0v) is 14.7. The van der Waals surface area contributed by atoms with E-state index < -0.39 is 30.6 Å². The Morgan fingerprint density at radius 2 is 2.11 bits per heavy atom. The van der Waals surface area contributed by atoms with Gasteiger partial charge in [-0.25, -0.2) is 4.79 Å². The maximum absolute atomic E-state index is 12.6. The van der Waals surface area contributed by atoms with Gasteiger partial charge in [0, 0.05) is 18.8 Å². The van der Waals surface area contributed by atoms with Crippen LogP contribution in [0.5, 0.6) is 0 Å². The molecular weight excluding hydrogens is 363 g/mol. The smallest absolute Gasteiger partial charge is 0.406 e. The molecule has 0 saturated carbocycles. The van der Waals surface area contributed by atoms with E-state index in [-0.39, 0.29) is 19.0 Å². The van der Waals surface area contributed by atoms with E-state index >= 15 is 0 Å². The third-order valence-corrected chi connectivity index (χ3v) is 5.13. The first-order valence-corrected chi connectivity index (χ1v) is 8.90. The van der Waals surface area contributed by atoms with Crippen LogP contribution in [0.15, 0.2) is 24.3 Å². The van der Waals surface area contributed by atoms with Crippen molar-refractivity contribution in [3.63, 3.8) is 0 Å². The van der Waals surface area contributed by atoms with Crippen LogP contribution in [0.1, 0.15) is 12.0 Å². The number of carboxylic acid groups (broad SMARTS) is 1. The third-order valence-electron chi connectivity index (χ3n) is 5.13. The van der Waals surface area contributed by atoms with Crippen LogP contribution in [0.4, 0.5) is 23.7 Å². The molecule has 2 aliphatic rings. The Bertz CT molecular complexity index is 705. The minimum absolute atomic E-state index is 0.00800. The van der Waals surface area contributed by atoms with Gasteiger partial charge < -0.3 is 15.3 Å². The van der Waals surface area contributed by atoms with Gasteiger partial charge in [0.2, 0.25) is 0 Å². The maximum Gasteiger partial charge on any atom is 0.406 e. The molecule has 0 spiro atoms. The summed E-state index contributed by atoms with van der Waals surface area (Å²) in [5.74, 6) is -1.35. The molecule has 0 radical (unpaired) electrons. The second-order valence-electron chi connectivity index (χ2n) is 7.04. The SMILES string of the molecule is O=C(O)[C@@H](Cc1cccc(N2CCN(CC(F)(F)F)C2=O)c1)[C@H]1CCNC1. The molecule has 0 aliphatic carbocycles. The molecule has 0 aromatic heterocycles. The van der Waals surface area contributed by atoms with E-state index in [1.807, 2.05) is 0 Å². The van der Waals surface area contributed by atoms with Crippen molar-refractivity contribution in [2.75, 3.05) is 37.6 Å². The largest absolute Gasteiger partial charge is 0.481 e. The van der Waals surface area contributed by atoms with E-state index in [9.17, 15) is 27.9 Å². The van der Waals surface area contributed by atoms with E-state index in [0.29, 0.717) is 18.7 Å². The lowest BCUT2D eigenvalue weighted by Gasteiger charge is -2.21. The topological polar surface area (TPSA) is 72.9 Å². The Hall–Kier alpha value is -2.29. The molecule has 1 aromatic carbocycles. The zero-order valence-electron chi connectivity index (χ0n) is 14.7. The van der Waals surface area contributed by atoms with Crippen LogP contribution in [0.25, 0.3) is 0 Å². The van der Waals surface area contributed by atoms with Gasteiger partial charge in [0.05, 0.1) is 5.92 Å². The van der Waals surface area contributed by atoms with Crippen LogP contribution >= 0.6 is 0 Å². The molecule has 3 rings (SSSR count). The van der Waals surface area contributed by atoms with Gasteiger partial charge in [-0.15, -0.1) is 0 Å². The molecule has 1 aromatic rings. The molecule has 2 aliphatic heterocycles. The van der Waals surface area contributed by atoms with Gasteiger partial charge in [-0.1, -0.05) is 12.1 Å². The fourth-order valence-corrected chi connectivity index (χ4v) is 3.77. The molecule has 27 heavy (non-hydrogen) atoms. The number of urea groups is 1. The first kappa shape index (κ1) is 19.5. The highest BCUT2D eigenvalue weighted by atomic mass is 19.4. The fourth-order valence-electron chi connectivity index (χ4n) is 3.77. The molecule has 2 atom stereocenters. The summed E-state index contributed by atoms with van der Waals surface area (Å²) in [5.41, 5.74) is 1.25. The minimum Gasteiger partial charge on any atom is -0.481 e. The molecule has 0 bridgehead atoms. The van der Waals surface area contributed by atoms with E-state index in [0.717, 1.165) is 23.4 Å². The van der Waals surface area contributed by atoms with Gasteiger partial charge in [-0.3, -0.25) is 9.69 Å². The number of nitrogens with zero attached hydrogens (tertiary/aromatic N) is 2. The van der Waals surface area contributed by atoms with Crippen LogP contribution in [-0.2, 0) is 11.2 Å². The molecule has 6 nitrogen and oxygen atoms in total. The van der Waals surface area contributed by atoms with Gasteiger partial charge in [-0.2, -0.15) is 13.2 Å². The average Bonchev–Trinajstić information content (AvgIpc) is 3.22. The van der Waals surface area contributed by atoms with Crippen molar-refractivity contribution in [3.8, 4) is 0 Å². The number of anilines is 1. The minimum atomic E-state index is -4.43. The summed E-state index contributed by atoms with van der Waals surface area (Å²) in [7, 11) is 0. The molecule has 2 saturated heterocycles. The number of hydrogen-bond donors (Lipinski definition) is 2. The average molecular weight is 385 g/mol. The first-order valence-electron chi connectivity index (χ1n) is 8.90. The molecular formula is C18H22F3N3O3. The maximum atomic E-state index is 12.6. The lowest BCUT2D eigenvalue weighted by Crippen LogP contribution is -2.38. The predicted octanol–water partition coefficient (Wildman–Crippen LogP) is 2.34. The second kappa shape index (κ2) is 7.75. The summed E-state index contributed by atoms with van der Waals surface area (Å²) in [4.78, 5) is 26.0. The molecule has 148 valence electrons. The van der Waals surface area contributed by atoms with Gasteiger partial charge in [0.25, 0.3) is 0 Å². The van der Waals surface area contributed by atoms with Crippen LogP contribution < -0.4 is 10.2 Å². The summed E-state index contributed by atoms with van der Waals surface area (Å²) >= 11 is 0. The summed E-state index contributed by atoms with van der Waals surface area (Å²) < 4.78 is 37.7. The standard InChI is InChI=1S/C18H22F3N3O3/c19-18(20,21)11-23-6-7-24(17(23)27)14-3-1-2-12(8-14)9-15(16(25)26)13-4-5-22-10-13/h1-3,8,13,15,22H,4-7,9-11H2,(H,25,26)/t13-,15-/m0/s1. The van der Waals surface area contributed by atoms with E-state index in [1.165, 1.54) is 4.90 Å². The number of rotatable bonds is 6. The second-order valence-corrected chi connectivity index (χ2v) is 7.04. The molecule has 2 amide bonds. The number of carbonyl (C=O) groups is 2. The number of alkyl halides is 3. The van der Waals surface area contributed by atoms with Gasteiger partial charge in [-0.05, 0) is 49.5 Å². The third kappa shape index (κ3) is 4.71. The Kier molecular flexibility index (Phi) is 5.59. The monoisotopic (exact) mass is 385 g/mol. The van der Waals surface area contributed by atoms with E-state index in [2.05, 4.69) is 5.32 Å². The lowest BCUT2D eigenvalue weighted by atomic mass is 9.86. The summed E-state index contributed by atoms with van der Waals surface area (Å²) in [5, 5.41) is 12.7. The number of amides is 2. The van der Waals surface area contributed by atoms with Crippen LogP contribution in [0.2, 0.25) is 0 Å². The molecule has 0 unspecified atom stereocenters. The van der Waals surface area contributed by atoms with Crippen molar-refractivity contribution in [2.45, 2.75) is 19.0 Å². The number of benzene rings is 1. The van der Waals surface area contributed by atoms with Crippen molar-refractivity contribution < 1.29 is 27.9 Å². The van der Waals surface area contributed by atoms with Crippen molar-refractivity contribution in [2.24, 2.45) is 11.8 Å². The number of hydrogen-bond acceptors (Lipinski definition) is 3. The van der Waals surface area contributed by atoms with E-state index in [4.69, 9.17) is 0 Å². The molecule has 2 N–H and O–H groups in total. The Morgan fingerprint density at radius 3 is 2.74 bits per heavy atom. The van der Waals surface area contributed by atoms with Gasteiger partial charge in [0.1, 0.15) is 6.54 Å². The molecule has 2 heterocycles. The predicted molar refractivity (Wildman–Crippen MR) is 92.6 cm³/mol. The van der Waals surface area contributed by atoms with Crippen LogP contribution in [0.3, 0.4) is 0 Å². The summed E-state index contributed by atoms with van der Waals surface area (Å²) in [6, 6.07) is 6.17. The Morgan fingerprint density at radius 1 is 1.33 bits per heavy atom. The number of carboxylic acids is 1. The highest BCUT2D eigenvalue weighted by Crippen LogP contribution is 2.28. The highest BCUT2D eigenvalue weighted by Gasteiger charge is 2.38. The summed E-state index contributed by atoms with van der Waals surface area (Å²) in [6.07, 6.45) is -3.31. The lowest BCUT2D eigenvalue weighted by molar-refractivity contribution is -0.143. The first-order chi connectivity index (χ1) is 12.7. The van der Waals surface area contributed by atoms with Crippen molar-refractivity contribution in [1.29, 1.82) is 0 Å². The Labute approximate surface area is 154 Å². The zero-order chi connectivity index (χ0) is 19.6. The van der Waals surface area contributed by atoms with Crippen molar-refractivity contribution >= 4 is 17.7 Å². The van der Waals surface area contributed by atoms with Crippen molar-refractivity contribution in [3.05, 3.63) is 29.8 Å². The highest BCUT2D eigenvalue weighted by molar-refractivity contribution is 5.94. The fraction of sp³-hybridized carbons (Fsp3) is 0.556. The number of aliphatic carboxylic acids is 1. The quantitative estimate of drug-likeness (QED) is 0.789. The summed E-state index contributed by atoms with van der Waals surface area (Å²) in [6.45, 7) is 0.374. The van der Waals surface area contributed by atoms with E-state index in [1.54, 1.807) is 24.3 Å². The van der Waals surface area contributed by atoms with Crippen LogP contribution in [-0.4, -0.2) is 60.9 Å². The molecule has 9 heteroatoms. The normalized spacial score (nSPS) is 21.7. The van der Waals surface area contributed by atoms with Crippen molar-refractivity contribution in [1.82, 2.24) is 10.2 Å². The van der Waals surface area contributed by atoms with Gasteiger partial charge >= 0.3 is 18.2 Å². The number of carbonyl (C=O) groups excluding carboxylic acids is 1. The Balaban J connectivity index is 1.72. The molecule has 2 fully saturated rings.